The molecule has 1 fully saturated rings. The lowest BCUT2D eigenvalue weighted by atomic mass is 10.1. The van der Waals surface area contributed by atoms with Crippen LogP contribution in [0.25, 0.3) is 0 Å². The van der Waals surface area contributed by atoms with Crippen LogP contribution in [0.1, 0.15) is 44.2 Å². The van der Waals surface area contributed by atoms with Crippen LogP contribution in [-0.4, -0.2) is 23.4 Å². The van der Waals surface area contributed by atoms with Crippen LogP contribution in [-0.2, 0) is 4.79 Å². The normalized spacial score (nSPS) is 21.8. The minimum absolute atomic E-state index is 0.00576. The van der Waals surface area contributed by atoms with Crippen molar-refractivity contribution < 1.29 is 4.79 Å². The van der Waals surface area contributed by atoms with Gasteiger partial charge in [0.25, 0.3) is 0 Å². The molecule has 2 N–H and O–H groups in total. The monoisotopic (exact) mass is 252 g/mol. The highest BCUT2D eigenvalue weighted by Crippen LogP contribution is 2.33. The van der Waals surface area contributed by atoms with Gasteiger partial charge in [-0.25, -0.2) is 0 Å². The molecule has 0 spiro atoms. The molecule has 0 aliphatic carbocycles. The molecule has 0 saturated carbocycles. The summed E-state index contributed by atoms with van der Waals surface area (Å²) in [6, 6.07) is 2.42. The number of nitrogens with zero attached hydrogens (tertiary/aromatic N) is 1. The van der Waals surface area contributed by atoms with E-state index in [1.165, 1.54) is 5.56 Å². The lowest BCUT2D eigenvalue weighted by Crippen LogP contribution is -2.35. The molecular formula is C13H20N2OS. The maximum absolute atomic E-state index is 12.2. The van der Waals surface area contributed by atoms with Crippen LogP contribution in [0.3, 0.4) is 0 Å². The van der Waals surface area contributed by atoms with E-state index in [0.29, 0.717) is 6.42 Å². The number of nitrogens with two attached hydrogens (primary N) is 1. The van der Waals surface area contributed by atoms with Gasteiger partial charge in [-0.3, -0.25) is 4.79 Å². The largest absolute Gasteiger partial charge is 0.336 e. The van der Waals surface area contributed by atoms with Crippen LogP contribution < -0.4 is 5.73 Å². The summed E-state index contributed by atoms with van der Waals surface area (Å²) in [5.74, 6) is 0.216. The molecule has 1 aromatic rings. The first-order valence-electron chi connectivity index (χ1n) is 6.29. The van der Waals surface area contributed by atoms with Crippen LogP contribution in [0.5, 0.6) is 0 Å². The Bertz CT molecular complexity index is 364. The predicted molar refractivity (Wildman–Crippen MR) is 70.9 cm³/mol. The zero-order valence-corrected chi connectivity index (χ0v) is 11.1. The number of amides is 1. The summed E-state index contributed by atoms with van der Waals surface area (Å²) in [6.45, 7) is 2.91. The third-order valence-electron chi connectivity index (χ3n) is 3.46. The molecule has 1 aliphatic rings. The molecule has 17 heavy (non-hydrogen) atoms. The molecule has 94 valence electrons. The number of carbonyl (C=O) groups is 1. The smallest absolute Gasteiger partial charge is 0.224 e. The van der Waals surface area contributed by atoms with Gasteiger partial charge in [0, 0.05) is 19.0 Å². The van der Waals surface area contributed by atoms with Crippen molar-refractivity contribution in [3.05, 3.63) is 22.4 Å². The van der Waals surface area contributed by atoms with E-state index in [9.17, 15) is 4.79 Å². The maximum atomic E-state index is 12.2. The zero-order chi connectivity index (χ0) is 12.3. The number of hydrogen-bond acceptors (Lipinski definition) is 3. The van der Waals surface area contributed by atoms with Crippen molar-refractivity contribution in [3.63, 3.8) is 0 Å². The van der Waals surface area contributed by atoms with Crippen molar-refractivity contribution in [2.24, 2.45) is 5.73 Å². The standard InChI is InChI=1S/C13H20N2OS/c1-2-11(14)8-13(16)15-6-3-4-12(15)10-5-7-17-9-10/h5,7,9,11-12H,2-4,6,8,14H2,1H3. The first kappa shape index (κ1) is 12.6. The topological polar surface area (TPSA) is 46.3 Å². The molecular weight excluding hydrogens is 232 g/mol. The van der Waals surface area contributed by atoms with E-state index >= 15 is 0 Å². The average molecular weight is 252 g/mol. The Morgan fingerprint density at radius 2 is 2.53 bits per heavy atom. The molecule has 3 nitrogen and oxygen atoms in total. The fourth-order valence-electron chi connectivity index (χ4n) is 2.36. The molecule has 4 heteroatoms. The summed E-state index contributed by atoms with van der Waals surface area (Å²) in [5.41, 5.74) is 7.14. The number of likely N-dealkylation sites (tertiary alicyclic amines) is 1. The number of hydrogen-bond donors (Lipinski definition) is 1. The van der Waals surface area contributed by atoms with Crippen molar-refractivity contribution in [1.29, 1.82) is 0 Å². The van der Waals surface area contributed by atoms with Gasteiger partial charge in [0.2, 0.25) is 5.91 Å². The summed E-state index contributed by atoms with van der Waals surface area (Å²) >= 11 is 1.70. The second-order valence-corrected chi connectivity index (χ2v) is 5.45. The molecule has 0 aromatic carbocycles. The SMILES string of the molecule is CCC(N)CC(=O)N1CCCC1c1ccsc1. The Labute approximate surface area is 107 Å². The predicted octanol–water partition coefficient (Wildman–Crippen LogP) is 2.54. The summed E-state index contributed by atoms with van der Waals surface area (Å²) in [5, 5.41) is 4.23. The van der Waals surface area contributed by atoms with E-state index in [0.717, 1.165) is 25.8 Å². The fourth-order valence-corrected chi connectivity index (χ4v) is 3.07. The molecule has 2 heterocycles. The molecule has 2 rings (SSSR count). The van der Waals surface area contributed by atoms with E-state index in [1.54, 1.807) is 11.3 Å². The zero-order valence-electron chi connectivity index (χ0n) is 10.3. The van der Waals surface area contributed by atoms with E-state index in [4.69, 9.17) is 5.73 Å². The summed E-state index contributed by atoms with van der Waals surface area (Å²) in [6.07, 6.45) is 3.54. The van der Waals surface area contributed by atoms with Gasteiger partial charge in [-0.1, -0.05) is 6.92 Å². The van der Waals surface area contributed by atoms with Gasteiger partial charge in [-0.05, 0) is 41.7 Å². The van der Waals surface area contributed by atoms with Crippen molar-refractivity contribution in [2.75, 3.05) is 6.54 Å². The maximum Gasteiger partial charge on any atom is 0.224 e. The van der Waals surface area contributed by atoms with Gasteiger partial charge >= 0.3 is 0 Å². The van der Waals surface area contributed by atoms with Gasteiger partial charge in [0.1, 0.15) is 0 Å². The minimum atomic E-state index is 0.00576. The molecule has 1 aromatic heterocycles. The van der Waals surface area contributed by atoms with Crippen LogP contribution >= 0.6 is 11.3 Å². The van der Waals surface area contributed by atoms with Crippen LogP contribution in [0.15, 0.2) is 16.8 Å². The molecule has 2 unspecified atom stereocenters. The summed E-state index contributed by atoms with van der Waals surface area (Å²) in [4.78, 5) is 14.2. The van der Waals surface area contributed by atoms with E-state index < -0.39 is 0 Å². The summed E-state index contributed by atoms with van der Waals surface area (Å²) < 4.78 is 0. The fraction of sp³-hybridized carbons (Fsp3) is 0.615. The Balaban J connectivity index is 2.02. The molecule has 0 bridgehead atoms. The minimum Gasteiger partial charge on any atom is -0.336 e. The summed E-state index contributed by atoms with van der Waals surface area (Å²) in [7, 11) is 0. The number of thiophene rings is 1. The molecule has 2 atom stereocenters. The second kappa shape index (κ2) is 5.65. The number of carbonyl (C=O) groups excluding carboxylic acids is 1. The van der Waals surface area contributed by atoms with Gasteiger partial charge in [0.15, 0.2) is 0 Å². The van der Waals surface area contributed by atoms with Crippen molar-refractivity contribution in [1.82, 2.24) is 4.90 Å². The Morgan fingerprint density at radius 3 is 3.18 bits per heavy atom. The van der Waals surface area contributed by atoms with Gasteiger partial charge in [-0.15, -0.1) is 0 Å². The average Bonchev–Trinajstić information content (AvgIpc) is 2.98. The molecule has 1 saturated heterocycles. The van der Waals surface area contributed by atoms with Gasteiger partial charge in [-0.2, -0.15) is 11.3 Å². The highest BCUT2D eigenvalue weighted by molar-refractivity contribution is 7.07. The van der Waals surface area contributed by atoms with E-state index in [-0.39, 0.29) is 18.0 Å². The first-order chi connectivity index (χ1) is 8.22. The van der Waals surface area contributed by atoms with Crippen LogP contribution in [0, 0.1) is 0 Å². The highest BCUT2D eigenvalue weighted by atomic mass is 32.1. The third kappa shape index (κ3) is 2.87. The van der Waals surface area contributed by atoms with E-state index in [1.807, 2.05) is 11.8 Å². The quantitative estimate of drug-likeness (QED) is 0.895. The molecule has 1 aliphatic heterocycles. The van der Waals surface area contributed by atoms with Gasteiger partial charge in [0.05, 0.1) is 6.04 Å². The molecule has 1 amide bonds. The second-order valence-electron chi connectivity index (χ2n) is 4.67. The number of rotatable bonds is 4. The Kier molecular flexibility index (Phi) is 4.18. The van der Waals surface area contributed by atoms with E-state index in [2.05, 4.69) is 16.8 Å². The van der Waals surface area contributed by atoms with Crippen molar-refractivity contribution in [3.8, 4) is 0 Å². The molecule has 0 radical (unpaired) electrons. The lowest BCUT2D eigenvalue weighted by Gasteiger charge is -2.25. The highest BCUT2D eigenvalue weighted by Gasteiger charge is 2.30. The van der Waals surface area contributed by atoms with Crippen molar-refractivity contribution >= 4 is 17.2 Å². The Hall–Kier alpha value is -0.870. The first-order valence-corrected chi connectivity index (χ1v) is 7.23. The van der Waals surface area contributed by atoms with Crippen LogP contribution in [0.2, 0.25) is 0 Å². The van der Waals surface area contributed by atoms with Crippen LogP contribution in [0.4, 0.5) is 0 Å². The third-order valence-corrected chi connectivity index (χ3v) is 4.16. The van der Waals surface area contributed by atoms with Gasteiger partial charge < -0.3 is 10.6 Å². The Morgan fingerprint density at radius 1 is 1.71 bits per heavy atom. The van der Waals surface area contributed by atoms with Crippen molar-refractivity contribution in [2.45, 2.75) is 44.7 Å². The lowest BCUT2D eigenvalue weighted by molar-refractivity contribution is -0.132.